The van der Waals surface area contributed by atoms with Crippen LogP contribution in [0.5, 0.6) is 0 Å². The molecule has 0 bridgehead atoms. The predicted molar refractivity (Wildman–Crippen MR) is 83.2 cm³/mol. The average Bonchev–Trinajstić information content (AvgIpc) is 3.18. The van der Waals surface area contributed by atoms with Gasteiger partial charge in [-0.15, -0.1) is 0 Å². The number of aromatic nitrogens is 2. The Morgan fingerprint density at radius 3 is 2.67 bits per heavy atom. The van der Waals surface area contributed by atoms with E-state index in [1.165, 1.54) is 6.20 Å². The largest absolute Gasteiger partial charge is 0.332 e. The summed E-state index contributed by atoms with van der Waals surface area (Å²) in [4.78, 5) is 6.83. The van der Waals surface area contributed by atoms with E-state index in [4.69, 9.17) is 0 Å². The number of hydrogen-bond acceptors (Lipinski definition) is 3. The number of H-pyrrole nitrogens is 1. The van der Waals surface area contributed by atoms with Crippen LogP contribution in [-0.4, -0.2) is 28.7 Å². The SMILES string of the molecule is Cc1ncc(S(=O)(=O)N(Cc2ccccc2Br)C2CC2)[nH]1. The normalized spacial score (nSPS) is 15.6. The molecule has 1 aromatic carbocycles. The second-order valence-electron chi connectivity index (χ2n) is 5.21. The zero-order chi connectivity index (χ0) is 15.0. The second kappa shape index (κ2) is 5.55. The van der Waals surface area contributed by atoms with E-state index in [-0.39, 0.29) is 11.1 Å². The fraction of sp³-hybridized carbons (Fsp3) is 0.357. The first-order valence-corrected chi connectivity index (χ1v) is 8.98. The highest BCUT2D eigenvalue weighted by atomic mass is 79.9. The lowest BCUT2D eigenvalue weighted by atomic mass is 10.2. The Labute approximate surface area is 132 Å². The molecular weight excluding hydrogens is 354 g/mol. The first-order chi connectivity index (χ1) is 9.98. The first-order valence-electron chi connectivity index (χ1n) is 6.75. The molecule has 112 valence electrons. The number of benzene rings is 1. The summed E-state index contributed by atoms with van der Waals surface area (Å²) in [6, 6.07) is 7.78. The molecule has 3 rings (SSSR count). The molecule has 0 unspecified atom stereocenters. The number of sulfonamides is 1. The maximum absolute atomic E-state index is 12.8. The van der Waals surface area contributed by atoms with Gasteiger partial charge in [-0.25, -0.2) is 13.4 Å². The Kier molecular flexibility index (Phi) is 3.90. The van der Waals surface area contributed by atoms with Crippen molar-refractivity contribution in [3.63, 3.8) is 0 Å². The highest BCUT2D eigenvalue weighted by molar-refractivity contribution is 9.10. The molecule has 0 radical (unpaired) electrons. The summed E-state index contributed by atoms with van der Waals surface area (Å²) >= 11 is 3.48. The number of imidazole rings is 1. The Bertz CT molecular complexity index is 753. The minimum absolute atomic E-state index is 0.0886. The zero-order valence-electron chi connectivity index (χ0n) is 11.6. The Morgan fingerprint density at radius 1 is 1.38 bits per heavy atom. The Hall–Kier alpha value is -1.18. The van der Waals surface area contributed by atoms with Crippen molar-refractivity contribution in [3.8, 4) is 0 Å². The highest BCUT2D eigenvalue weighted by Crippen LogP contribution is 2.34. The number of aryl methyl sites for hydroxylation is 1. The van der Waals surface area contributed by atoms with E-state index in [1.54, 1.807) is 11.2 Å². The third kappa shape index (κ3) is 3.04. The van der Waals surface area contributed by atoms with Gasteiger partial charge in [0.2, 0.25) is 0 Å². The number of nitrogens with one attached hydrogen (secondary N) is 1. The Morgan fingerprint density at radius 2 is 2.10 bits per heavy atom. The molecular formula is C14H16BrN3O2S. The van der Waals surface area contributed by atoms with Crippen LogP contribution in [0.25, 0.3) is 0 Å². The Balaban J connectivity index is 1.94. The van der Waals surface area contributed by atoms with E-state index in [9.17, 15) is 8.42 Å². The van der Waals surface area contributed by atoms with Crippen LogP contribution < -0.4 is 0 Å². The van der Waals surface area contributed by atoms with Gasteiger partial charge in [-0.1, -0.05) is 34.1 Å². The predicted octanol–water partition coefficient (Wildman–Crippen LogP) is 2.83. The zero-order valence-corrected chi connectivity index (χ0v) is 14.0. The topological polar surface area (TPSA) is 66.1 Å². The van der Waals surface area contributed by atoms with E-state index >= 15 is 0 Å². The quantitative estimate of drug-likeness (QED) is 0.880. The van der Waals surface area contributed by atoms with Crippen LogP contribution in [0.2, 0.25) is 0 Å². The van der Waals surface area contributed by atoms with Gasteiger partial charge in [0.05, 0.1) is 6.20 Å². The van der Waals surface area contributed by atoms with Gasteiger partial charge in [0.1, 0.15) is 5.82 Å². The monoisotopic (exact) mass is 369 g/mol. The summed E-state index contributed by atoms with van der Waals surface area (Å²) in [5, 5.41) is 0.166. The molecule has 1 aromatic heterocycles. The van der Waals surface area contributed by atoms with Crippen molar-refractivity contribution in [2.24, 2.45) is 0 Å². The summed E-state index contributed by atoms with van der Waals surface area (Å²) in [5.74, 6) is 0.602. The molecule has 1 saturated carbocycles. The third-order valence-corrected chi connectivity index (χ3v) is 6.09. The van der Waals surface area contributed by atoms with Crippen LogP contribution >= 0.6 is 15.9 Å². The van der Waals surface area contributed by atoms with Crippen molar-refractivity contribution in [1.82, 2.24) is 14.3 Å². The maximum atomic E-state index is 12.8. The molecule has 7 heteroatoms. The summed E-state index contributed by atoms with van der Waals surface area (Å²) in [6.45, 7) is 2.11. The van der Waals surface area contributed by atoms with E-state index < -0.39 is 10.0 Å². The summed E-state index contributed by atoms with van der Waals surface area (Å²) in [7, 11) is -3.54. The van der Waals surface area contributed by atoms with Gasteiger partial charge in [-0.2, -0.15) is 4.31 Å². The molecule has 0 saturated heterocycles. The number of rotatable bonds is 5. The van der Waals surface area contributed by atoms with Gasteiger partial charge in [-0.05, 0) is 31.4 Å². The second-order valence-corrected chi connectivity index (χ2v) is 7.92. The maximum Gasteiger partial charge on any atom is 0.260 e. The van der Waals surface area contributed by atoms with E-state index in [0.717, 1.165) is 22.9 Å². The fourth-order valence-electron chi connectivity index (χ4n) is 2.22. The molecule has 1 heterocycles. The lowest BCUT2D eigenvalue weighted by molar-refractivity contribution is 0.396. The molecule has 5 nitrogen and oxygen atoms in total. The molecule has 21 heavy (non-hydrogen) atoms. The number of halogens is 1. The van der Waals surface area contributed by atoms with Crippen LogP contribution in [0, 0.1) is 6.92 Å². The van der Waals surface area contributed by atoms with Crippen LogP contribution in [-0.2, 0) is 16.6 Å². The molecule has 0 amide bonds. The highest BCUT2D eigenvalue weighted by Gasteiger charge is 2.39. The van der Waals surface area contributed by atoms with Crippen LogP contribution in [0.4, 0.5) is 0 Å². The van der Waals surface area contributed by atoms with Crippen molar-refractivity contribution < 1.29 is 8.42 Å². The smallest absolute Gasteiger partial charge is 0.260 e. The van der Waals surface area contributed by atoms with Crippen LogP contribution in [0.15, 0.2) is 40.0 Å². The van der Waals surface area contributed by atoms with Gasteiger partial charge in [0.25, 0.3) is 10.0 Å². The van der Waals surface area contributed by atoms with Gasteiger partial charge in [0.15, 0.2) is 5.03 Å². The van der Waals surface area contributed by atoms with Crippen molar-refractivity contribution in [2.45, 2.75) is 37.4 Å². The van der Waals surface area contributed by atoms with Gasteiger partial charge >= 0.3 is 0 Å². The number of aromatic amines is 1. The van der Waals surface area contributed by atoms with Crippen molar-refractivity contribution in [1.29, 1.82) is 0 Å². The van der Waals surface area contributed by atoms with Gasteiger partial charge < -0.3 is 4.98 Å². The third-order valence-electron chi connectivity index (χ3n) is 3.50. The molecule has 1 N–H and O–H groups in total. The lowest BCUT2D eigenvalue weighted by Crippen LogP contribution is -2.33. The summed E-state index contributed by atoms with van der Waals surface area (Å²) < 4.78 is 28.1. The van der Waals surface area contributed by atoms with E-state index in [1.807, 2.05) is 24.3 Å². The molecule has 1 fully saturated rings. The molecule has 0 spiro atoms. The molecule has 1 aliphatic carbocycles. The molecule has 0 atom stereocenters. The lowest BCUT2D eigenvalue weighted by Gasteiger charge is -2.21. The van der Waals surface area contributed by atoms with Crippen molar-refractivity contribution in [3.05, 3.63) is 46.3 Å². The van der Waals surface area contributed by atoms with E-state index in [0.29, 0.717) is 12.4 Å². The summed E-state index contributed by atoms with van der Waals surface area (Å²) in [5.41, 5.74) is 0.962. The molecule has 1 aliphatic rings. The molecule has 2 aromatic rings. The summed E-state index contributed by atoms with van der Waals surface area (Å²) in [6.07, 6.45) is 3.22. The van der Waals surface area contributed by atoms with E-state index in [2.05, 4.69) is 25.9 Å². The number of nitrogens with zero attached hydrogens (tertiary/aromatic N) is 2. The first kappa shape index (κ1) is 14.7. The van der Waals surface area contributed by atoms with Crippen molar-refractivity contribution in [2.75, 3.05) is 0 Å². The average molecular weight is 370 g/mol. The minimum Gasteiger partial charge on any atom is -0.332 e. The van der Waals surface area contributed by atoms with Gasteiger partial charge in [-0.3, -0.25) is 0 Å². The minimum atomic E-state index is -3.54. The standard InChI is InChI=1S/C14H16BrN3O2S/c1-10-16-8-14(17-10)21(19,20)18(12-6-7-12)9-11-4-2-3-5-13(11)15/h2-5,8,12H,6-7,9H2,1H3,(H,16,17). The van der Waals surface area contributed by atoms with Crippen LogP contribution in [0.3, 0.4) is 0 Å². The van der Waals surface area contributed by atoms with Crippen molar-refractivity contribution >= 4 is 26.0 Å². The fourth-order valence-corrected chi connectivity index (χ4v) is 4.26. The van der Waals surface area contributed by atoms with Crippen LogP contribution in [0.1, 0.15) is 24.2 Å². The molecule has 0 aliphatic heterocycles. The van der Waals surface area contributed by atoms with Gasteiger partial charge in [0, 0.05) is 17.1 Å². The number of hydrogen-bond donors (Lipinski definition) is 1.